The number of anilines is 1. The van der Waals surface area contributed by atoms with E-state index in [4.69, 9.17) is 28.2 Å². The standard InChI is InChI=1S/C26H21BrClN3OS/c1-15-6-7-17(14-20(15)28)22-10-11-23(32-22)25-24(21-5-3-4-12-29-21)30-26(33)31(25)18-8-9-19(27)16(2)13-18/h3-14,24-25H,1-2H3,(H,30,33)/t24-,25+/m0/s1. The summed E-state index contributed by atoms with van der Waals surface area (Å²) in [4.78, 5) is 6.71. The number of aromatic nitrogens is 1. The predicted molar refractivity (Wildman–Crippen MR) is 141 cm³/mol. The zero-order valence-corrected chi connectivity index (χ0v) is 21.2. The number of thiocarbonyl (C=S) groups is 1. The van der Waals surface area contributed by atoms with Crippen LogP contribution in [0.25, 0.3) is 11.3 Å². The Labute approximate surface area is 211 Å². The van der Waals surface area contributed by atoms with Gasteiger partial charge < -0.3 is 14.6 Å². The lowest BCUT2D eigenvalue weighted by atomic mass is 10.0. The lowest BCUT2D eigenvalue weighted by Gasteiger charge is -2.26. The summed E-state index contributed by atoms with van der Waals surface area (Å²) in [5.74, 6) is 1.56. The maximum Gasteiger partial charge on any atom is 0.174 e. The molecule has 1 aliphatic rings. The average molecular weight is 539 g/mol. The van der Waals surface area contributed by atoms with Crippen LogP contribution in [0.4, 0.5) is 5.69 Å². The highest BCUT2D eigenvalue weighted by Crippen LogP contribution is 2.43. The Balaban J connectivity index is 1.61. The monoisotopic (exact) mass is 537 g/mol. The van der Waals surface area contributed by atoms with Crippen molar-refractivity contribution in [2.45, 2.75) is 25.9 Å². The van der Waals surface area contributed by atoms with Gasteiger partial charge in [0.05, 0.1) is 11.7 Å². The highest BCUT2D eigenvalue weighted by Gasteiger charge is 2.42. The molecule has 1 N–H and O–H groups in total. The summed E-state index contributed by atoms with van der Waals surface area (Å²) in [6.07, 6.45) is 1.80. The molecule has 0 saturated carbocycles. The first-order chi connectivity index (χ1) is 15.9. The second kappa shape index (κ2) is 8.93. The van der Waals surface area contributed by atoms with Crippen LogP contribution in [0.5, 0.6) is 0 Å². The third-order valence-electron chi connectivity index (χ3n) is 5.89. The van der Waals surface area contributed by atoms with Gasteiger partial charge in [0.25, 0.3) is 0 Å². The summed E-state index contributed by atoms with van der Waals surface area (Å²) in [6, 6.07) is 21.7. The smallest absolute Gasteiger partial charge is 0.174 e. The first kappa shape index (κ1) is 22.1. The quantitative estimate of drug-likeness (QED) is 0.272. The molecule has 0 unspecified atom stereocenters. The Bertz CT molecular complexity index is 1340. The summed E-state index contributed by atoms with van der Waals surface area (Å²) < 4.78 is 7.47. The Morgan fingerprint density at radius 2 is 1.88 bits per heavy atom. The van der Waals surface area contributed by atoms with E-state index < -0.39 is 0 Å². The van der Waals surface area contributed by atoms with E-state index in [2.05, 4.69) is 50.2 Å². The van der Waals surface area contributed by atoms with Crippen molar-refractivity contribution in [1.82, 2.24) is 10.3 Å². The molecule has 166 valence electrons. The third kappa shape index (κ3) is 4.19. The second-order valence-electron chi connectivity index (χ2n) is 8.10. The molecule has 0 bridgehead atoms. The summed E-state index contributed by atoms with van der Waals surface area (Å²) in [5.41, 5.74) is 4.99. The van der Waals surface area contributed by atoms with Gasteiger partial charge in [-0.05, 0) is 85.7 Å². The molecular weight excluding hydrogens is 518 g/mol. The van der Waals surface area contributed by atoms with Crippen LogP contribution >= 0.6 is 39.7 Å². The van der Waals surface area contributed by atoms with Crippen molar-refractivity contribution in [2.75, 3.05) is 4.90 Å². The topological polar surface area (TPSA) is 41.3 Å². The van der Waals surface area contributed by atoms with Crippen molar-refractivity contribution in [3.63, 3.8) is 0 Å². The van der Waals surface area contributed by atoms with Gasteiger partial charge in [0.1, 0.15) is 17.6 Å². The van der Waals surface area contributed by atoms with E-state index in [1.165, 1.54) is 0 Å². The van der Waals surface area contributed by atoms with Crippen LogP contribution in [0.1, 0.15) is 34.7 Å². The molecule has 1 fully saturated rings. The number of hydrogen-bond acceptors (Lipinski definition) is 3. The van der Waals surface area contributed by atoms with Crippen molar-refractivity contribution in [1.29, 1.82) is 0 Å². The van der Waals surface area contributed by atoms with Gasteiger partial charge in [0.2, 0.25) is 0 Å². The van der Waals surface area contributed by atoms with Crippen LogP contribution in [-0.4, -0.2) is 10.1 Å². The SMILES string of the molecule is Cc1ccc(-c2ccc([C@@H]3[C@H](c4ccccn4)NC(=S)N3c3ccc(Br)c(C)c3)o2)cc1Cl. The summed E-state index contributed by atoms with van der Waals surface area (Å²) in [6.45, 7) is 4.05. The Hall–Kier alpha value is -2.67. The van der Waals surface area contributed by atoms with Crippen LogP contribution in [-0.2, 0) is 0 Å². The molecule has 2 aromatic carbocycles. The number of furan rings is 1. The van der Waals surface area contributed by atoms with Gasteiger partial charge >= 0.3 is 0 Å². The molecule has 1 saturated heterocycles. The Morgan fingerprint density at radius 3 is 2.61 bits per heavy atom. The summed E-state index contributed by atoms with van der Waals surface area (Å²) in [5, 5.41) is 4.82. The van der Waals surface area contributed by atoms with E-state index in [0.29, 0.717) is 10.1 Å². The van der Waals surface area contributed by atoms with Crippen molar-refractivity contribution in [3.8, 4) is 11.3 Å². The number of pyridine rings is 1. The van der Waals surface area contributed by atoms with Gasteiger partial charge in [-0.2, -0.15) is 0 Å². The number of benzene rings is 2. The van der Waals surface area contributed by atoms with Crippen molar-refractivity contribution in [3.05, 3.63) is 105 Å². The summed E-state index contributed by atoms with van der Waals surface area (Å²) in [7, 11) is 0. The van der Waals surface area contributed by atoms with E-state index in [-0.39, 0.29) is 12.1 Å². The normalized spacial score (nSPS) is 17.9. The van der Waals surface area contributed by atoms with Crippen LogP contribution in [0.3, 0.4) is 0 Å². The number of nitrogens with zero attached hydrogens (tertiary/aromatic N) is 2. The predicted octanol–water partition coefficient (Wildman–Crippen LogP) is 7.55. The molecule has 0 spiro atoms. The maximum atomic E-state index is 6.42. The van der Waals surface area contributed by atoms with Gasteiger partial charge in [0, 0.05) is 26.9 Å². The fourth-order valence-corrected chi connectivity index (χ4v) is 4.89. The van der Waals surface area contributed by atoms with Gasteiger partial charge in [-0.3, -0.25) is 4.98 Å². The van der Waals surface area contributed by atoms with Crippen LogP contribution in [0.2, 0.25) is 5.02 Å². The lowest BCUT2D eigenvalue weighted by Crippen LogP contribution is -2.29. The van der Waals surface area contributed by atoms with Crippen LogP contribution < -0.4 is 10.2 Å². The fourth-order valence-electron chi connectivity index (χ4n) is 4.11. The van der Waals surface area contributed by atoms with Crippen molar-refractivity contribution >= 4 is 50.5 Å². The van der Waals surface area contributed by atoms with E-state index >= 15 is 0 Å². The molecule has 1 aliphatic heterocycles. The molecule has 4 aromatic rings. The zero-order chi connectivity index (χ0) is 23.1. The highest BCUT2D eigenvalue weighted by atomic mass is 79.9. The Kier molecular flexibility index (Phi) is 5.99. The van der Waals surface area contributed by atoms with Crippen LogP contribution in [0.15, 0.2) is 81.8 Å². The molecule has 2 aromatic heterocycles. The van der Waals surface area contributed by atoms with E-state index in [9.17, 15) is 0 Å². The molecule has 2 atom stereocenters. The first-order valence-corrected chi connectivity index (χ1v) is 12.1. The molecular formula is C26H21BrClN3OS. The van der Waals surface area contributed by atoms with Gasteiger partial charge in [-0.1, -0.05) is 45.7 Å². The van der Waals surface area contributed by atoms with Gasteiger partial charge in [-0.15, -0.1) is 0 Å². The molecule has 7 heteroatoms. The van der Waals surface area contributed by atoms with E-state index in [1.54, 1.807) is 6.20 Å². The number of aryl methyl sites for hydroxylation is 2. The zero-order valence-electron chi connectivity index (χ0n) is 18.0. The molecule has 33 heavy (non-hydrogen) atoms. The van der Waals surface area contributed by atoms with Crippen molar-refractivity contribution in [2.24, 2.45) is 0 Å². The van der Waals surface area contributed by atoms with Gasteiger partial charge in [0.15, 0.2) is 5.11 Å². The number of halogens is 2. The number of hydrogen-bond donors (Lipinski definition) is 1. The summed E-state index contributed by atoms with van der Waals surface area (Å²) >= 11 is 15.8. The molecule has 0 aliphatic carbocycles. The van der Waals surface area contributed by atoms with E-state index in [1.807, 2.05) is 61.5 Å². The van der Waals surface area contributed by atoms with Gasteiger partial charge in [-0.25, -0.2) is 0 Å². The molecule has 3 heterocycles. The van der Waals surface area contributed by atoms with Crippen LogP contribution in [0, 0.1) is 13.8 Å². The number of nitrogens with one attached hydrogen (secondary N) is 1. The van der Waals surface area contributed by atoms with Crippen molar-refractivity contribution < 1.29 is 4.42 Å². The average Bonchev–Trinajstić information content (AvgIpc) is 3.43. The first-order valence-electron chi connectivity index (χ1n) is 10.6. The maximum absolute atomic E-state index is 6.42. The highest BCUT2D eigenvalue weighted by molar-refractivity contribution is 9.10. The minimum absolute atomic E-state index is 0.164. The minimum atomic E-state index is -0.206. The largest absolute Gasteiger partial charge is 0.459 e. The molecule has 0 amide bonds. The Morgan fingerprint density at radius 1 is 1.03 bits per heavy atom. The molecule has 5 rings (SSSR count). The van der Waals surface area contributed by atoms with E-state index in [0.717, 1.165) is 44.1 Å². The number of rotatable bonds is 4. The second-order valence-corrected chi connectivity index (χ2v) is 9.74. The third-order valence-corrected chi connectivity index (χ3v) is 7.50. The molecule has 4 nitrogen and oxygen atoms in total. The fraction of sp³-hybridized carbons (Fsp3) is 0.154. The lowest BCUT2D eigenvalue weighted by molar-refractivity contribution is 0.439. The molecule has 0 radical (unpaired) electrons. The minimum Gasteiger partial charge on any atom is -0.459 e.